The summed E-state index contributed by atoms with van der Waals surface area (Å²) in [6, 6.07) is 5.56. The molecule has 1 saturated carbocycles. The van der Waals surface area contributed by atoms with E-state index in [1.807, 2.05) is 51.7 Å². The molecule has 3 atom stereocenters. The summed E-state index contributed by atoms with van der Waals surface area (Å²) >= 11 is 6.28. The fraction of sp³-hybridized carbons (Fsp3) is 0.531. The average Bonchev–Trinajstić information content (AvgIpc) is 3.50. The van der Waals surface area contributed by atoms with Gasteiger partial charge in [0.1, 0.15) is 22.1 Å². The van der Waals surface area contributed by atoms with Crippen molar-refractivity contribution in [2.24, 2.45) is 11.8 Å². The summed E-state index contributed by atoms with van der Waals surface area (Å²) in [5.41, 5.74) is 4.14. The largest absolute Gasteiger partial charge is 0.444 e. The van der Waals surface area contributed by atoms with Crippen LogP contribution in [0.3, 0.4) is 0 Å². The molecule has 1 aliphatic carbocycles. The number of carbonyl (C=O) groups is 2. The molecule has 1 aliphatic heterocycles. The molecule has 228 valence electrons. The normalized spacial score (nSPS) is 20.7. The maximum atomic E-state index is 14.0. The van der Waals surface area contributed by atoms with E-state index in [-0.39, 0.29) is 23.9 Å². The number of carbonyl (C=O) groups excluding carboxylic acids is 2. The van der Waals surface area contributed by atoms with Gasteiger partial charge < -0.3 is 19.5 Å². The van der Waals surface area contributed by atoms with Crippen molar-refractivity contribution in [2.75, 3.05) is 6.54 Å². The average molecular weight is 606 g/mol. The molecular weight excluding hydrogens is 566 g/mol. The number of alkyl carbamates (subject to hydrolysis) is 1. The number of likely N-dealkylation sites (tertiary alicyclic amines) is 1. The van der Waals surface area contributed by atoms with Gasteiger partial charge in [-0.2, -0.15) is 5.10 Å². The Morgan fingerprint density at radius 3 is 2.58 bits per heavy atom. The van der Waals surface area contributed by atoms with Gasteiger partial charge in [0.25, 0.3) is 5.91 Å². The monoisotopic (exact) mass is 605 g/mol. The number of hydrogen-bond donors (Lipinski definition) is 1. The van der Waals surface area contributed by atoms with Crippen LogP contribution in [0.1, 0.15) is 76.2 Å². The molecule has 11 heteroatoms. The SMILES string of the molecule is CCC1CN(C(=O)c2cnc3c(C)c(-c4cc5ccc(Cl)nc5n4CC4CC4)nn3c2)C(CC)[C@@H]1NC(=O)OC(C)(C)C. The second-order valence-corrected chi connectivity index (χ2v) is 13.4. The minimum Gasteiger partial charge on any atom is -0.444 e. The predicted octanol–water partition coefficient (Wildman–Crippen LogP) is 6.27. The van der Waals surface area contributed by atoms with Gasteiger partial charge >= 0.3 is 6.09 Å². The number of pyridine rings is 1. The van der Waals surface area contributed by atoms with Gasteiger partial charge in [0.05, 0.1) is 23.3 Å². The minimum absolute atomic E-state index is 0.118. The van der Waals surface area contributed by atoms with Crippen LogP contribution in [-0.4, -0.2) is 65.3 Å². The van der Waals surface area contributed by atoms with Crippen LogP contribution in [0.25, 0.3) is 28.1 Å². The highest BCUT2D eigenvalue weighted by Crippen LogP contribution is 2.37. The van der Waals surface area contributed by atoms with Crippen LogP contribution in [0.4, 0.5) is 4.79 Å². The summed E-state index contributed by atoms with van der Waals surface area (Å²) in [7, 11) is 0. The molecule has 0 aromatic carbocycles. The summed E-state index contributed by atoms with van der Waals surface area (Å²) in [5, 5.41) is 9.49. The quantitative estimate of drug-likeness (QED) is 0.249. The van der Waals surface area contributed by atoms with Crippen LogP contribution < -0.4 is 5.32 Å². The summed E-state index contributed by atoms with van der Waals surface area (Å²) in [4.78, 5) is 37.8. The zero-order chi connectivity index (χ0) is 30.6. The van der Waals surface area contributed by atoms with Crippen molar-refractivity contribution in [3.63, 3.8) is 0 Å². The smallest absolute Gasteiger partial charge is 0.407 e. The third kappa shape index (κ3) is 5.69. The van der Waals surface area contributed by atoms with Crippen LogP contribution in [0, 0.1) is 18.8 Å². The zero-order valence-electron chi connectivity index (χ0n) is 25.7. The highest BCUT2D eigenvalue weighted by Gasteiger charge is 2.44. The lowest BCUT2D eigenvalue weighted by Gasteiger charge is -2.29. The number of halogens is 1. The molecular formula is C32H40ClN7O3. The maximum absolute atomic E-state index is 14.0. The Hall–Kier alpha value is -3.66. The fourth-order valence-electron chi connectivity index (χ4n) is 6.37. The number of fused-ring (bicyclic) bond motifs is 2. The Balaban J connectivity index is 1.31. The van der Waals surface area contributed by atoms with Gasteiger partial charge in [0, 0.05) is 36.4 Å². The Kier molecular flexibility index (Phi) is 7.61. The molecule has 43 heavy (non-hydrogen) atoms. The van der Waals surface area contributed by atoms with Gasteiger partial charge in [-0.15, -0.1) is 0 Å². The molecule has 4 aromatic heterocycles. The molecule has 2 unspecified atom stereocenters. The van der Waals surface area contributed by atoms with E-state index in [1.165, 1.54) is 12.8 Å². The zero-order valence-corrected chi connectivity index (χ0v) is 26.5. The molecule has 0 spiro atoms. The lowest BCUT2D eigenvalue weighted by molar-refractivity contribution is 0.0471. The number of aromatic nitrogens is 5. The Morgan fingerprint density at radius 2 is 1.91 bits per heavy atom. The summed E-state index contributed by atoms with van der Waals surface area (Å²) in [6.45, 7) is 13.1. The van der Waals surface area contributed by atoms with Gasteiger partial charge in [-0.3, -0.25) is 4.79 Å². The Labute approximate surface area is 256 Å². The van der Waals surface area contributed by atoms with Crippen molar-refractivity contribution in [3.05, 3.63) is 46.9 Å². The van der Waals surface area contributed by atoms with Crippen molar-refractivity contribution in [1.82, 2.24) is 34.4 Å². The van der Waals surface area contributed by atoms with E-state index in [0.717, 1.165) is 41.0 Å². The second-order valence-electron chi connectivity index (χ2n) is 13.0. The number of hydrogen-bond acceptors (Lipinski definition) is 6. The molecule has 6 rings (SSSR count). The number of ether oxygens (including phenoxy) is 1. The molecule has 0 radical (unpaired) electrons. The van der Waals surface area contributed by atoms with E-state index in [4.69, 9.17) is 26.4 Å². The van der Waals surface area contributed by atoms with Crippen LogP contribution in [-0.2, 0) is 11.3 Å². The number of aryl methyl sites for hydroxylation is 1. The molecule has 4 aromatic rings. The van der Waals surface area contributed by atoms with Crippen molar-refractivity contribution in [3.8, 4) is 11.4 Å². The van der Waals surface area contributed by atoms with E-state index < -0.39 is 11.7 Å². The first-order valence-corrected chi connectivity index (χ1v) is 15.7. The number of amides is 2. The van der Waals surface area contributed by atoms with E-state index in [2.05, 4.69) is 27.9 Å². The van der Waals surface area contributed by atoms with Crippen molar-refractivity contribution < 1.29 is 14.3 Å². The molecule has 2 aliphatic rings. The Bertz CT molecular complexity index is 1700. The summed E-state index contributed by atoms with van der Waals surface area (Å²) < 4.78 is 9.47. The fourth-order valence-corrected chi connectivity index (χ4v) is 6.51. The first kappa shape index (κ1) is 29.4. The maximum Gasteiger partial charge on any atom is 0.407 e. The lowest BCUT2D eigenvalue weighted by atomic mass is 9.95. The van der Waals surface area contributed by atoms with Gasteiger partial charge in [-0.1, -0.05) is 25.4 Å². The van der Waals surface area contributed by atoms with E-state index in [0.29, 0.717) is 35.2 Å². The van der Waals surface area contributed by atoms with Gasteiger partial charge in [-0.25, -0.2) is 19.3 Å². The molecule has 1 saturated heterocycles. The van der Waals surface area contributed by atoms with Crippen LogP contribution in [0.2, 0.25) is 5.15 Å². The first-order valence-electron chi connectivity index (χ1n) is 15.3. The highest BCUT2D eigenvalue weighted by molar-refractivity contribution is 6.29. The lowest BCUT2D eigenvalue weighted by Crippen LogP contribution is -2.49. The molecule has 2 amide bonds. The van der Waals surface area contributed by atoms with Gasteiger partial charge in [-0.05, 0) is 83.4 Å². The number of nitrogens with one attached hydrogen (secondary N) is 1. The van der Waals surface area contributed by atoms with E-state index in [1.54, 1.807) is 16.9 Å². The molecule has 10 nitrogen and oxygen atoms in total. The summed E-state index contributed by atoms with van der Waals surface area (Å²) in [5.74, 6) is 0.624. The van der Waals surface area contributed by atoms with E-state index in [9.17, 15) is 9.59 Å². The molecule has 2 fully saturated rings. The summed E-state index contributed by atoms with van der Waals surface area (Å²) in [6.07, 6.45) is 6.90. The number of nitrogens with zero attached hydrogens (tertiary/aromatic N) is 6. The predicted molar refractivity (Wildman–Crippen MR) is 166 cm³/mol. The van der Waals surface area contributed by atoms with Crippen molar-refractivity contribution in [2.45, 2.75) is 91.5 Å². The van der Waals surface area contributed by atoms with Crippen LogP contribution >= 0.6 is 11.6 Å². The second kappa shape index (κ2) is 11.1. The van der Waals surface area contributed by atoms with Gasteiger partial charge in [0.15, 0.2) is 5.65 Å². The third-order valence-corrected chi connectivity index (χ3v) is 8.89. The standard InChI is InChI=1S/C32H40ClN7O3/c1-7-20-16-39(23(8-2)27(20)36-31(42)43-32(4,5)6)30(41)22-14-34-28-18(3)26(37-40(28)17-22)24-13-21-11-12-25(33)35-29(21)38(24)15-19-9-10-19/h11-14,17,19-20,23,27H,7-10,15-16H2,1-6H3,(H,36,42)/t20?,23?,27-/m1/s1. The first-order chi connectivity index (χ1) is 20.5. The van der Waals surface area contributed by atoms with Crippen molar-refractivity contribution in [1.29, 1.82) is 0 Å². The highest BCUT2D eigenvalue weighted by atomic mass is 35.5. The van der Waals surface area contributed by atoms with Crippen LogP contribution in [0.15, 0.2) is 30.6 Å². The Morgan fingerprint density at radius 1 is 1.14 bits per heavy atom. The molecule has 1 N–H and O–H groups in total. The molecule has 0 bridgehead atoms. The number of rotatable bonds is 7. The van der Waals surface area contributed by atoms with E-state index >= 15 is 0 Å². The van der Waals surface area contributed by atoms with Crippen LogP contribution in [0.5, 0.6) is 0 Å². The topological polar surface area (TPSA) is 107 Å². The minimum atomic E-state index is -0.598. The van der Waals surface area contributed by atoms with Gasteiger partial charge in [0.2, 0.25) is 0 Å². The third-order valence-electron chi connectivity index (χ3n) is 8.68. The van der Waals surface area contributed by atoms with Crippen molar-refractivity contribution >= 4 is 40.3 Å². The molecule has 5 heterocycles.